The molecule has 10 heteroatoms. The Morgan fingerprint density at radius 2 is 1.90 bits per heavy atom. The Balaban J connectivity index is 2.85. The van der Waals surface area contributed by atoms with E-state index in [0.29, 0.717) is 12.1 Å². The summed E-state index contributed by atoms with van der Waals surface area (Å²) in [6.45, 7) is -0.225. The summed E-state index contributed by atoms with van der Waals surface area (Å²) in [7, 11) is -4.19. The van der Waals surface area contributed by atoms with Crippen molar-refractivity contribution in [2.75, 3.05) is 6.54 Å². The highest BCUT2D eigenvalue weighted by Gasteiger charge is 2.34. The Labute approximate surface area is 117 Å². The summed E-state index contributed by atoms with van der Waals surface area (Å²) in [5.41, 5.74) is -1.56. The maximum atomic E-state index is 13.3. The van der Waals surface area contributed by atoms with E-state index in [1.807, 2.05) is 4.72 Å². The van der Waals surface area contributed by atoms with Gasteiger partial charge in [0.25, 0.3) is 0 Å². The molecular weight excluding hydrogens is 318 g/mol. The van der Waals surface area contributed by atoms with Crippen molar-refractivity contribution in [1.29, 1.82) is 0 Å². The first-order valence-electron chi connectivity index (χ1n) is 5.62. The topological polar surface area (TPSA) is 83.5 Å². The number of carboxylic acid groups (broad SMARTS) is 1. The summed E-state index contributed by atoms with van der Waals surface area (Å²) in [5.74, 6) is -2.81. The Bertz CT molecular complexity index is 628. The molecule has 1 aromatic carbocycles. The van der Waals surface area contributed by atoms with Crippen LogP contribution < -0.4 is 4.72 Å². The summed E-state index contributed by atoms with van der Waals surface area (Å²) >= 11 is 0. The van der Waals surface area contributed by atoms with Crippen molar-refractivity contribution in [3.05, 3.63) is 29.6 Å². The fourth-order valence-corrected chi connectivity index (χ4v) is 2.51. The fraction of sp³-hybridized carbons (Fsp3) is 0.364. The van der Waals surface area contributed by atoms with Crippen LogP contribution in [0.5, 0.6) is 0 Å². The molecule has 0 heterocycles. The first kappa shape index (κ1) is 17.4. The number of nitrogens with one attached hydrogen (secondary N) is 1. The molecule has 0 saturated carbocycles. The molecule has 0 fully saturated rings. The van der Waals surface area contributed by atoms with E-state index in [-0.39, 0.29) is 25.5 Å². The Hall–Kier alpha value is -1.68. The number of hydrogen-bond donors (Lipinski definition) is 2. The number of aliphatic carboxylic acids is 1. The predicted molar refractivity (Wildman–Crippen MR) is 63.5 cm³/mol. The molecule has 5 nitrogen and oxygen atoms in total. The first-order valence-corrected chi connectivity index (χ1v) is 7.10. The van der Waals surface area contributed by atoms with Gasteiger partial charge in [0, 0.05) is 13.0 Å². The van der Waals surface area contributed by atoms with Gasteiger partial charge in [-0.05, 0) is 24.6 Å². The third kappa shape index (κ3) is 4.97. The highest BCUT2D eigenvalue weighted by molar-refractivity contribution is 7.89. The lowest BCUT2D eigenvalue weighted by Gasteiger charge is -2.10. The molecule has 1 rings (SSSR count). The molecule has 0 aliphatic rings. The van der Waals surface area contributed by atoms with Crippen LogP contribution in [0.3, 0.4) is 0 Å². The van der Waals surface area contributed by atoms with Crippen LogP contribution in [0.25, 0.3) is 0 Å². The molecule has 0 atom stereocenters. The zero-order valence-electron chi connectivity index (χ0n) is 10.4. The van der Waals surface area contributed by atoms with Gasteiger partial charge in [0.1, 0.15) is 5.82 Å². The van der Waals surface area contributed by atoms with Gasteiger partial charge in [0.2, 0.25) is 10.0 Å². The minimum Gasteiger partial charge on any atom is -0.481 e. The van der Waals surface area contributed by atoms with Crippen molar-refractivity contribution in [2.45, 2.75) is 23.9 Å². The van der Waals surface area contributed by atoms with Gasteiger partial charge in [0.15, 0.2) is 0 Å². The van der Waals surface area contributed by atoms with E-state index in [4.69, 9.17) is 5.11 Å². The molecule has 0 radical (unpaired) electrons. The van der Waals surface area contributed by atoms with Crippen LogP contribution in [0.4, 0.5) is 17.6 Å². The van der Waals surface area contributed by atoms with Gasteiger partial charge in [0.05, 0.1) is 10.5 Å². The summed E-state index contributed by atoms with van der Waals surface area (Å²) < 4.78 is 75.6. The number of sulfonamides is 1. The molecule has 0 saturated heterocycles. The van der Waals surface area contributed by atoms with Crippen molar-refractivity contribution in [1.82, 2.24) is 4.72 Å². The minimum absolute atomic E-state index is 0.00230. The molecule has 0 aliphatic heterocycles. The van der Waals surface area contributed by atoms with E-state index in [0.717, 1.165) is 0 Å². The summed E-state index contributed by atoms with van der Waals surface area (Å²) in [5, 5.41) is 8.37. The normalized spacial score (nSPS) is 12.4. The molecular formula is C11H11F4NO4S. The zero-order chi connectivity index (χ0) is 16.3. The van der Waals surface area contributed by atoms with Crippen LogP contribution in [-0.2, 0) is 21.0 Å². The van der Waals surface area contributed by atoms with E-state index in [1.165, 1.54) is 0 Å². The Morgan fingerprint density at radius 3 is 2.38 bits per heavy atom. The van der Waals surface area contributed by atoms with E-state index in [2.05, 4.69) is 0 Å². The lowest BCUT2D eigenvalue weighted by Crippen LogP contribution is -2.25. The molecule has 0 amide bonds. The third-order valence-electron chi connectivity index (χ3n) is 2.42. The number of benzene rings is 1. The van der Waals surface area contributed by atoms with E-state index >= 15 is 0 Å². The van der Waals surface area contributed by atoms with E-state index in [1.54, 1.807) is 0 Å². The van der Waals surface area contributed by atoms with Gasteiger partial charge in [-0.1, -0.05) is 0 Å². The Kier molecular flexibility index (Phi) is 5.29. The van der Waals surface area contributed by atoms with Crippen LogP contribution in [0.15, 0.2) is 23.1 Å². The predicted octanol–water partition coefficient (Wildman–Crippen LogP) is 1.99. The average molecular weight is 329 g/mol. The van der Waals surface area contributed by atoms with Gasteiger partial charge in [-0.25, -0.2) is 17.5 Å². The maximum absolute atomic E-state index is 13.3. The van der Waals surface area contributed by atoms with Gasteiger partial charge in [-0.3, -0.25) is 4.79 Å². The molecule has 118 valence electrons. The number of alkyl halides is 3. The van der Waals surface area contributed by atoms with Crippen LogP contribution in [0.1, 0.15) is 18.4 Å². The van der Waals surface area contributed by atoms with Crippen LogP contribution >= 0.6 is 0 Å². The summed E-state index contributed by atoms with van der Waals surface area (Å²) in [6.07, 6.45) is -5.19. The van der Waals surface area contributed by atoms with Crippen molar-refractivity contribution < 1.29 is 35.9 Å². The van der Waals surface area contributed by atoms with Crippen LogP contribution in [-0.4, -0.2) is 26.0 Å². The molecule has 0 aliphatic carbocycles. The first-order chi connectivity index (χ1) is 9.54. The number of carbonyl (C=O) groups is 1. The van der Waals surface area contributed by atoms with E-state index < -0.39 is 38.4 Å². The van der Waals surface area contributed by atoms with Crippen molar-refractivity contribution in [2.24, 2.45) is 0 Å². The molecule has 2 N–H and O–H groups in total. The van der Waals surface area contributed by atoms with Crippen molar-refractivity contribution in [3.63, 3.8) is 0 Å². The number of halogens is 4. The second-order valence-corrected chi connectivity index (χ2v) is 5.80. The summed E-state index contributed by atoms with van der Waals surface area (Å²) in [4.78, 5) is 9.57. The van der Waals surface area contributed by atoms with Crippen molar-refractivity contribution in [3.8, 4) is 0 Å². The lowest BCUT2D eigenvalue weighted by molar-refractivity contribution is -0.140. The molecule has 21 heavy (non-hydrogen) atoms. The highest BCUT2D eigenvalue weighted by Crippen LogP contribution is 2.32. The molecule has 0 unspecified atom stereocenters. The van der Waals surface area contributed by atoms with Gasteiger partial charge in [-0.2, -0.15) is 13.2 Å². The number of hydrogen-bond acceptors (Lipinski definition) is 3. The standard InChI is InChI=1S/C11H11F4NO4S/c12-9-6-7(3-4-8(9)11(13,14)15)21(19,20)16-5-1-2-10(17)18/h3-4,6,16H,1-2,5H2,(H,17,18). The van der Waals surface area contributed by atoms with Gasteiger partial charge >= 0.3 is 12.1 Å². The lowest BCUT2D eigenvalue weighted by atomic mass is 10.2. The largest absolute Gasteiger partial charge is 0.481 e. The van der Waals surface area contributed by atoms with Crippen LogP contribution in [0, 0.1) is 5.82 Å². The van der Waals surface area contributed by atoms with E-state index in [9.17, 15) is 30.8 Å². The summed E-state index contributed by atoms with van der Waals surface area (Å²) in [6, 6.07) is 1.23. The molecule has 0 spiro atoms. The Morgan fingerprint density at radius 1 is 1.29 bits per heavy atom. The van der Waals surface area contributed by atoms with Crippen LogP contribution in [0.2, 0.25) is 0 Å². The zero-order valence-corrected chi connectivity index (χ0v) is 11.3. The maximum Gasteiger partial charge on any atom is 0.419 e. The average Bonchev–Trinajstić information content (AvgIpc) is 2.32. The van der Waals surface area contributed by atoms with Crippen molar-refractivity contribution >= 4 is 16.0 Å². The fourth-order valence-electron chi connectivity index (χ4n) is 1.42. The second-order valence-electron chi connectivity index (χ2n) is 4.03. The third-order valence-corrected chi connectivity index (χ3v) is 3.87. The van der Waals surface area contributed by atoms with Gasteiger partial charge in [-0.15, -0.1) is 0 Å². The monoisotopic (exact) mass is 329 g/mol. The smallest absolute Gasteiger partial charge is 0.419 e. The number of carboxylic acids is 1. The minimum atomic E-state index is -4.92. The SMILES string of the molecule is O=C(O)CCCNS(=O)(=O)c1ccc(C(F)(F)F)c(F)c1. The quantitative estimate of drug-likeness (QED) is 0.617. The highest BCUT2D eigenvalue weighted by atomic mass is 32.2. The molecule has 1 aromatic rings. The second kappa shape index (κ2) is 6.39. The molecule has 0 bridgehead atoms. The number of rotatable bonds is 6. The van der Waals surface area contributed by atoms with Gasteiger partial charge < -0.3 is 5.11 Å². The molecule has 0 aromatic heterocycles.